The Morgan fingerprint density at radius 3 is 2.57 bits per heavy atom. The van der Waals surface area contributed by atoms with Crippen molar-refractivity contribution in [2.75, 3.05) is 5.32 Å². The molecule has 21 heavy (non-hydrogen) atoms. The number of anilines is 1. The molecule has 1 atom stereocenters. The minimum atomic E-state index is -0.645. The molecular formula is C16H17BrN2O2. The first-order chi connectivity index (χ1) is 9.94. The van der Waals surface area contributed by atoms with Crippen molar-refractivity contribution in [2.24, 2.45) is 5.73 Å². The van der Waals surface area contributed by atoms with Gasteiger partial charge in [-0.05, 0) is 54.8 Å². The van der Waals surface area contributed by atoms with Crippen LogP contribution in [0.15, 0.2) is 46.9 Å². The molecule has 5 heteroatoms. The first kappa shape index (κ1) is 15.5. The second kappa shape index (κ2) is 6.74. The maximum absolute atomic E-state index is 12.1. The summed E-state index contributed by atoms with van der Waals surface area (Å²) >= 11 is 3.39. The summed E-state index contributed by atoms with van der Waals surface area (Å²) < 4.78 is 0.907. The van der Waals surface area contributed by atoms with Gasteiger partial charge in [-0.3, -0.25) is 4.79 Å². The van der Waals surface area contributed by atoms with Crippen molar-refractivity contribution < 1.29 is 9.90 Å². The molecule has 0 radical (unpaired) electrons. The number of carbonyl (C=O) groups excluding carboxylic acids is 1. The molecule has 4 nitrogen and oxygen atoms in total. The first-order valence-electron chi connectivity index (χ1n) is 6.55. The fourth-order valence-corrected chi connectivity index (χ4v) is 2.63. The lowest BCUT2D eigenvalue weighted by Gasteiger charge is -2.13. The van der Waals surface area contributed by atoms with E-state index in [1.165, 1.54) is 0 Å². The quantitative estimate of drug-likeness (QED) is 0.794. The fraction of sp³-hybridized carbons (Fsp3) is 0.188. The molecule has 2 aromatic carbocycles. The van der Waals surface area contributed by atoms with Crippen molar-refractivity contribution in [1.82, 2.24) is 0 Å². The van der Waals surface area contributed by atoms with Gasteiger partial charge in [-0.2, -0.15) is 0 Å². The Morgan fingerprint density at radius 2 is 1.95 bits per heavy atom. The first-order valence-corrected chi connectivity index (χ1v) is 7.35. The molecular weight excluding hydrogens is 332 g/mol. The lowest BCUT2D eigenvalue weighted by Crippen LogP contribution is -2.37. The Hall–Kier alpha value is -1.85. The number of carbonyl (C=O) groups is 1. The fourth-order valence-electron chi connectivity index (χ4n) is 2.02. The van der Waals surface area contributed by atoms with E-state index in [-0.39, 0.29) is 11.7 Å². The molecule has 0 aliphatic rings. The van der Waals surface area contributed by atoms with E-state index >= 15 is 0 Å². The number of halogens is 1. The normalized spacial score (nSPS) is 12.0. The van der Waals surface area contributed by atoms with Gasteiger partial charge in [-0.1, -0.05) is 28.1 Å². The largest absolute Gasteiger partial charge is 0.508 e. The highest BCUT2D eigenvalue weighted by Crippen LogP contribution is 2.19. The van der Waals surface area contributed by atoms with Crippen molar-refractivity contribution in [3.8, 4) is 5.75 Å². The molecule has 0 saturated carbocycles. The predicted octanol–water partition coefficient (Wildman–Crippen LogP) is 2.97. The molecule has 0 aliphatic carbocycles. The van der Waals surface area contributed by atoms with E-state index < -0.39 is 6.04 Å². The summed E-state index contributed by atoms with van der Waals surface area (Å²) in [5, 5.41) is 12.0. The third kappa shape index (κ3) is 4.58. The smallest absolute Gasteiger partial charge is 0.241 e. The van der Waals surface area contributed by atoms with Gasteiger partial charge in [0.1, 0.15) is 5.75 Å². The van der Waals surface area contributed by atoms with Crippen LogP contribution in [0.4, 0.5) is 5.69 Å². The van der Waals surface area contributed by atoms with E-state index in [1.807, 2.05) is 25.1 Å². The minimum absolute atomic E-state index is 0.196. The standard InChI is InChI=1S/C16H17BrN2O2/c1-10-6-12(17)9-13(7-10)19-16(21)15(18)8-11-2-4-14(20)5-3-11/h2-7,9,15,20H,8,18H2,1H3,(H,19,21)/t15-/m1/s1. The van der Waals surface area contributed by atoms with Gasteiger partial charge in [-0.25, -0.2) is 0 Å². The second-order valence-corrected chi connectivity index (χ2v) is 5.90. The summed E-state index contributed by atoms with van der Waals surface area (Å²) in [6.07, 6.45) is 0.416. The maximum atomic E-state index is 12.1. The molecule has 0 fully saturated rings. The molecule has 0 spiro atoms. The number of nitrogens with two attached hydrogens (primary N) is 1. The molecule has 2 rings (SSSR count). The van der Waals surface area contributed by atoms with Crippen LogP contribution < -0.4 is 11.1 Å². The molecule has 1 amide bonds. The summed E-state index contributed by atoms with van der Waals surface area (Å²) in [6, 6.07) is 11.7. The average molecular weight is 349 g/mol. The van der Waals surface area contributed by atoms with E-state index in [9.17, 15) is 9.90 Å². The summed E-state index contributed by atoms with van der Waals surface area (Å²) in [7, 11) is 0. The molecule has 0 aliphatic heterocycles. The highest BCUT2D eigenvalue weighted by molar-refractivity contribution is 9.10. The topological polar surface area (TPSA) is 75.4 Å². The third-order valence-corrected chi connectivity index (χ3v) is 3.50. The highest BCUT2D eigenvalue weighted by Gasteiger charge is 2.14. The number of hydrogen-bond acceptors (Lipinski definition) is 3. The van der Waals surface area contributed by atoms with E-state index in [1.54, 1.807) is 24.3 Å². The highest BCUT2D eigenvalue weighted by atomic mass is 79.9. The summed E-state index contributed by atoms with van der Waals surface area (Å²) in [4.78, 5) is 12.1. The molecule has 0 heterocycles. The van der Waals surface area contributed by atoms with Gasteiger partial charge < -0.3 is 16.2 Å². The van der Waals surface area contributed by atoms with Crippen LogP contribution in [-0.2, 0) is 11.2 Å². The number of aromatic hydroxyl groups is 1. The zero-order valence-corrected chi connectivity index (χ0v) is 13.2. The van der Waals surface area contributed by atoms with Gasteiger partial charge in [0.05, 0.1) is 6.04 Å². The molecule has 4 N–H and O–H groups in total. The van der Waals surface area contributed by atoms with Gasteiger partial charge in [0.25, 0.3) is 0 Å². The second-order valence-electron chi connectivity index (χ2n) is 4.98. The predicted molar refractivity (Wildman–Crippen MR) is 87.3 cm³/mol. The van der Waals surface area contributed by atoms with E-state index in [4.69, 9.17) is 5.73 Å². The van der Waals surface area contributed by atoms with Crippen LogP contribution in [0.1, 0.15) is 11.1 Å². The van der Waals surface area contributed by atoms with E-state index in [0.717, 1.165) is 15.6 Å². The number of phenolic OH excluding ortho intramolecular Hbond substituents is 1. The van der Waals surface area contributed by atoms with E-state index in [0.29, 0.717) is 12.1 Å². The van der Waals surface area contributed by atoms with Gasteiger partial charge in [0, 0.05) is 10.2 Å². The summed E-state index contributed by atoms with van der Waals surface area (Å²) in [6.45, 7) is 1.96. The van der Waals surface area contributed by atoms with Gasteiger partial charge in [0.2, 0.25) is 5.91 Å². The lowest BCUT2D eigenvalue weighted by atomic mass is 10.1. The maximum Gasteiger partial charge on any atom is 0.241 e. The SMILES string of the molecule is Cc1cc(Br)cc(NC(=O)[C@H](N)Cc2ccc(O)cc2)c1. The van der Waals surface area contributed by atoms with Crippen LogP contribution in [0.25, 0.3) is 0 Å². The summed E-state index contributed by atoms with van der Waals surface area (Å²) in [5.41, 5.74) is 8.59. The van der Waals surface area contributed by atoms with Crippen LogP contribution in [0.3, 0.4) is 0 Å². The number of benzene rings is 2. The summed E-state index contributed by atoms with van der Waals surface area (Å²) in [5.74, 6) is -0.0399. The third-order valence-electron chi connectivity index (χ3n) is 3.04. The number of aryl methyl sites for hydroxylation is 1. The van der Waals surface area contributed by atoms with Gasteiger partial charge in [-0.15, -0.1) is 0 Å². The van der Waals surface area contributed by atoms with Crippen LogP contribution in [0.2, 0.25) is 0 Å². The number of hydrogen-bond donors (Lipinski definition) is 3. The molecule has 0 unspecified atom stereocenters. The van der Waals surface area contributed by atoms with Gasteiger partial charge >= 0.3 is 0 Å². The zero-order chi connectivity index (χ0) is 15.4. The van der Waals surface area contributed by atoms with Crippen molar-refractivity contribution in [1.29, 1.82) is 0 Å². The molecule has 0 aromatic heterocycles. The molecule has 0 saturated heterocycles. The zero-order valence-electron chi connectivity index (χ0n) is 11.6. The Morgan fingerprint density at radius 1 is 1.29 bits per heavy atom. The van der Waals surface area contributed by atoms with Crippen molar-refractivity contribution in [3.63, 3.8) is 0 Å². The number of rotatable bonds is 4. The number of phenols is 1. The van der Waals surface area contributed by atoms with Crippen LogP contribution in [0.5, 0.6) is 5.75 Å². The van der Waals surface area contributed by atoms with Crippen LogP contribution in [0, 0.1) is 6.92 Å². The molecule has 110 valence electrons. The van der Waals surface area contributed by atoms with Crippen molar-refractivity contribution >= 4 is 27.5 Å². The number of amides is 1. The van der Waals surface area contributed by atoms with Crippen molar-refractivity contribution in [2.45, 2.75) is 19.4 Å². The molecule has 2 aromatic rings. The van der Waals surface area contributed by atoms with Crippen LogP contribution >= 0.6 is 15.9 Å². The van der Waals surface area contributed by atoms with Crippen LogP contribution in [-0.4, -0.2) is 17.1 Å². The Bertz CT molecular complexity index is 621. The Kier molecular flexibility index (Phi) is 4.98. The van der Waals surface area contributed by atoms with Gasteiger partial charge in [0.15, 0.2) is 0 Å². The molecule has 0 bridgehead atoms. The van der Waals surface area contributed by atoms with Crippen molar-refractivity contribution in [3.05, 3.63) is 58.1 Å². The lowest BCUT2D eigenvalue weighted by molar-refractivity contribution is -0.117. The monoisotopic (exact) mass is 348 g/mol. The Balaban J connectivity index is 2.00. The average Bonchev–Trinajstić information content (AvgIpc) is 2.40. The minimum Gasteiger partial charge on any atom is -0.508 e. The van der Waals surface area contributed by atoms with E-state index in [2.05, 4.69) is 21.2 Å². The Labute approximate surface area is 132 Å². The number of nitrogens with one attached hydrogen (secondary N) is 1.